The lowest BCUT2D eigenvalue weighted by Gasteiger charge is -2.17. The van der Waals surface area contributed by atoms with Crippen LogP contribution in [0, 0.1) is 11.2 Å². The first-order valence-electron chi connectivity index (χ1n) is 8.53. The summed E-state index contributed by atoms with van der Waals surface area (Å²) in [5.74, 6) is -0.757. The summed E-state index contributed by atoms with van der Waals surface area (Å²) in [5, 5.41) is 5.61. The summed E-state index contributed by atoms with van der Waals surface area (Å²) in [6.45, 7) is 1.52. The van der Waals surface area contributed by atoms with Crippen molar-refractivity contribution >= 4 is 11.8 Å². The molecular formula is C18H23FN2O3. The van der Waals surface area contributed by atoms with Crippen LogP contribution in [0.4, 0.5) is 4.39 Å². The molecule has 2 aliphatic rings. The highest BCUT2D eigenvalue weighted by atomic mass is 19.1. The van der Waals surface area contributed by atoms with Gasteiger partial charge in [-0.15, -0.1) is 0 Å². The number of hydrogen-bond donors (Lipinski definition) is 2. The lowest BCUT2D eigenvalue weighted by molar-refractivity contribution is -0.137. The number of ether oxygens (including phenoxy) is 1. The standard InChI is InChI=1S/C18H23FN2O3/c19-15-6-2-1-4-13(15)7-10-20-16(22)18(8-9-18)17(23)21-12-14-5-3-11-24-14/h1-2,4,6,14H,3,5,7-12H2,(H,20,22)(H,21,23). The molecule has 2 N–H and O–H groups in total. The highest BCUT2D eigenvalue weighted by Crippen LogP contribution is 2.46. The Kier molecular flexibility index (Phi) is 5.14. The molecule has 1 aromatic carbocycles. The third-order valence-corrected chi connectivity index (χ3v) is 4.77. The minimum absolute atomic E-state index is 0.0638. The summed E-state index contributed by atoms with van der Waals surface area (Å²) in [6, 6.07) is 6.50. The van der Waals surface area contributed by atoms with Gasteiger partial charge in [0.15, 0.2) is 0 Å². The highest BCUT2D eigenvalue weighted by Gasteiger charge is 2.56. The Morgan fingerprint density at radius 3 is 2.62 bits per heavy atom. The van der Waals surface area contributed by atoms with E-state index in [1.54, 1.807) is 18.2 Å². The van der Waals surface area contributed by atoms with E-state index in [1.165, 1.54) is 6.07 Å². The minimum Gasteiger partial charge on any atom is -0.376 e. The Balaban J connectivity index is 1.45. The average Bonchev–Trinajstić information content (AvgIpc) is 3.24. The monoisotopic (exact) mass is 334 g/mol. The molecule has 0 spiro atoms. The molecule has 1 heterocycles. The maximum Gasteiger partial charge on any atom is 0.235 e. The Labute approximate surface area is 141 Å². The van der Waals surface area contributed by atoms with Gasteiger partial charge in [0.1, 0.15) is 11.2 Å². The molecule has 6 heteroatoms. The van der Waals surface area contributed by atoms with Crippen molar-refractivity contribution in [2.24, 2.45) is 5.41 Å². The largest absolute Gasteiger partial charge is 0.376 e. The van der Waals surface area contributed by atoms with Crippen molar-refractivity contribution in [3.63, 3.8) is 0 Å². The molecule has 1 atom stereocenters. The molecule has 24 heavy (non-hydrogen) atoms. The van der Waals surface area contributed by atoms with Crippen molar-refractivity contribution in [3.8, 4) is 0 Å². The van der Waals surface area contributed by atoms with Crippen LogP contribution in [0.2, 0.25) is 0 Å². The lowest BCUT2D eigenvalue weighted by atomic mass is 10.0. The first-order chi connectivity index (χ1) is 11.6. The van der Waals surface area contributed by atoms with Gasteiger partial charge >= 0.3 is 0 Å². The van der Waals surface area contributed by atoms with Crippen LogP contribution in [0.3, 0.4) is 0 Å². The Bertz CT molecular complexity index is 610. The fraction of sp³-hybridized carbons (Fsp3) is 0.556. The molecule has 1 aromatic rings. The van der Waals surface area contributed by atoms with E-state index >= 15 is 0 Å². The van der Waals surface area contributed by atoms with Crippen molar-refractivity contribution in [2.45, 2.75) is 38.2 Å². The Morgan fingerprint density at radius 2 is 1.96 bits per heavy atom. The maximum absolute atomic E-state index is 13.5. The van der Waals surface area contributed by atoms with Crippen LogP contribution in [0.15, 0.2) is 24.3 Å². The van der Waals surface area contributed by atoms with E-state index in [1.807, 2.05) is 0 Å². The number of carbonyl (C=O) groups is 2. The van der Waals surface area contributed by atoms with E-state index < -0.39 is 5.41 Å². The van der Waals surface area contributed by atoms with Crippen LogP contribution in [0.25, 0.3) is 0 Å². The Hall–Kier alpha value is -1.95. The maximum atomic E-state index is 13.5. The first kappa shape index (κ1) is 16.9. The van der Waals surface area contributed by atoms with Crippen LogP contribution >= 0.6 is 0 Å². The Morgan fingerprint density at radius 1 is 1.21 bits per heavy atom. The molecular weight excluding hydrogens is 311 g/mol. The number of nitrogens with one attached hydrogen (secondary N) is 2. The van der Waals surface area contributed by atoms with Gasteiger partial charge in [0, 0.05) is 19.7 Å². The SMILES string of the molecule is O=C(NCCc1ccccc1F)C1(C(=O)NCC2CCCO2)CC1. The van der Waals surface area contributed by atoms with E-state index in [4.69, 9.17) is 4.74 Å². The van der Waals surface area contributed by atoms with E-state index in [9.17, 15) is 14.0 Å². The molecule has 5 nitrogen and oxygen atoms in total. The van der Waals surface area contributed by atoms with Crippen LogP contribution in [-0.4, -0.2) is 37.6 Å². The first-order valence-corrected chi connectivity index (χ1v) is 8.53. The fourth-order valence-electron chi connectivity index (χ4n) is 3.04. The smallest absolute Gasteiger partial charge is 0.235 e. The third-order valence-electron chi connectivity index (χ3n) is 4.77. The molecule has 130 valence electrons. The molecule has 0 bridgehead atoms. The average molecular weight is 334 g/mol. The predicted molar refractivity (Wildman–Crippen MR) is 86.8 cm³/mol. The van der Waals surface area contributed by atoms with Gasteiger partial charge in [-0.05, 0) is 43.7 Å². The zero-order valence-corrected chi connectivity index (χ0v) is 13.6. The summed E-state index contributed by atoms with van der Waals surface area (Å²) in [4.78, 5) is 24.7. The van der Waals surface area contributed by atoms with Gasteiger partial charge in [0.25, 0.3) is 0 Å². The molecule has 0 radical (unpaired) electrons. The zero-order valence-electron chi connectivity index (χ0n) is 13.6. The number of halogens is 1. The highest BCUT2D eigenvalue weighted by molar-refractivity contribution is 6.07. The van der Waals surface area contributed by atoms with Gasteiger partial charge in [-0.2, -0.15) is 0 Å². The second-order valence-corrected chi connectivity index (χ2v) is 6.52. The number of carbonyl (C=O) groups excluding carboxylic acids is 2. The molecule has 1 saturated carbocycles. The molecule has 2 amide bonds. The topological polar surface area (TPSA) is 67.4 Å². The molecule has 2 fully saturated rings. The lowest BCUT2D eigenvalue weighted by Crippen LogP contribution is -2.45. The zero-order chi connectivity index (χ0) is 17.0. The molecule has 0 aromatic heterocycles. The van der Waals surface area contributed by atoms with Gasteiger partial charge in [0.2, 0.25) is 11.8 Å². The quantitative estimate of drug-likeness (QED) is 0.744. The number of amides is 2. The molecule has 1 unspecified atom stereocenters. The van der Waals surface area contributed by atoms with E-state index in [0.717, 1.165) is 19.4 Å². The minimum atomic E-state index is -0.937. The molecule has 1 saturated heterocycles. The summed E-state index contributed by atoms with van der Waals surface area (Å²) in [6.07, 6.45) is 3.57. The summed E-state index contributed by atoms with van der Waals surface area (Å²) in [7, 11) is 0. The summed E-state index contributed by atoms with van der Waals surface area (Å²) < 4.78 is 19.0. The van der Waals surface area contributed by atoms with Gasteiger partial charge in [-0.3, -0.25) is 9.59 Å². The summed E-state index contributed by atoms with van der Waals surface area (Å²) >= 11 is 0. The van der Waals surface area contributed by atoms with E-state index in [2.05, 4.69) is 10.6 Å². The van der Waals surface area contributed by atoms with Crippen LogP contribution in [0.5, 0.6) is 0 Å². The second-order valence-electron chi connectivity index (χ2n) is 6.52. The van der Waals surface area contributed by atoms with Gasteiger partial charge in [0.05, 0.1) is 6.10 Å². The van der Waals surface area contributed by atoms with Crippen molar-refractivity contribution in [3.05, 3.63) is 35.6 Å². The fourth-order valence-corrected chi connectivity index (χ4v) is 3.04. The van der Waals surface area contributed by atoms with Crippen molar-refractivity contribution in [1.29, 1.82) is 0 Å². The molecule has 3 rings (SSSR count). The van der Waals surface area contributed by atoms with Gasteiger partial charge in [-0.1, -0.05) is 18.2 Å². The van der Waals surface area contributed by atoms with Gasteiger partial charge in [-0.25, -0.2) is 4.39 Å². The van der Waals surface area contributed by atoms with E-state index in [-0.39, 0.29) is 23.7 Å². The predicted octanol–water partition coefficient (Wildman–Crippen LogP) is 1.56. The number of rotatable bonds is 7. The molecule has 1 aliphatic carbocycles. The van der Waals surface area contributed by atoms with Crippen molar-refractivity contribution < 1.29 is 18.7 Å². The van der Waals surface area contributed by atoms with Crippen LogP contribution < -0.4 is 10.6 Å². The second kappa shape index (κ2) is 7.30. The molecule has 1 aliphatic heterocycles. The van der Waals surface area contributed by atoms with Gasteiger partial charge < -0.3 is 15.4 Å². The number of hydrogen-bond acceptors (Lipinski definition) is 3. The van der Waals surface area contributed by atoms with E-state index in [0.29, 0.717) is 37.9 Å². The number of benzene rings is 1. The van der Waals surface area contributed by atoms with Crippen molar-refractivity contribution in [2.75, 3.05) is 19.7 Å². The van der Waals surface area contributed by atoms with Crippen LogP contribution in [-0.2, 0) is 20.7 Å². The summed E-state index contributed by atoms with van der Waals surface area (Å²) in [5.41, 5.74) is -0.376. The van der Waals surface area contributed by atoms with Crippen LogP contribution in [0.1, 0.15) is 31.2 Å². The normalized spacial score (nSPS) is 21.3. The van der Waals surface area contributed by atoms with Crippen molar-refractivity contribution in [1.82, 2.24) is 10.6 Å². The third kappa shape index (κ3) is 3.75.